The van der Waals surface area contributed by atoms with Crippen LogP contribution in [-0.4, -0.2) is 41.7 Å². The number of ether oxygens (including phenoxy) is 2. The van der Waals surface area contributed by atoms with Crippen LogP contribution in [0.25, 0.3) is 0 Å². The van der Waals surface area contributed by atoms with Crippen LogP contribution in [0, 0.1) is 6.92 Å². The quantitative estimate of drug-likeness (QED) is 0.680. The van der Waals surface area contributed by atoms with Crippen molar-refractivity contribution in [2.24, 2.45) is 7.05 Å². The van der Waals surface area contributed by atoms with Crippen LogP contribution in [0.4, 0.5) is 0 Å². The van der Waals surface area contributed by atoms with Crippen molar-refractivity contribution in [1.82, 2.24) is 9.47 Å². The van der Waals surface area contributed by atoms with E-state index in [-0.39, 0.29) is 17.6 Å². The first kappa shape index (κ1) is 20.5. The Morgan fingerprint density at radius 1 is 1.29 bits per heavy atom. The molecule has 150 valence electrons. The Labute approximate surface area is 173 Å². The van der Waals surface area contributed by atoms with Gasteiger partial charge in [-0.2, -0.15) is 0 Å². The van der Waals surface area contributed by atoms with Crippen molar-refractivity contribution >= 4 is 21.8 Å². The smallest absolute Gasteiger partial charge is 0.254 e. The first-order valence-electron chi connectivity index (χ1n) is 9.32. The highest BCUT2D eigenvalue weighted by atomic mass is 79.9. The first-order valence-corrected chi connectivity index (χ1v) is 10.1. The standard InChI is InChI=1S/C21H25BrN2O4/c1-14-10-17(12-21(26)23(14)2)28-16-8-9-24(13-16)20(25)7-5-15-4-6-19(27-3)18(22)11-15/h4,6,10-12,16H,5,7-9,13H2,1-3H3. The number of carbonyl (C=O) groups is 1. The lowest BCUT2D eigenvalue weighted by molar-refractivity contribution is -0.130. The number of carbonyl (C=O) groups excluding carboxylic acids is 1. The Kier molecular flexibility index (Phi) is 6.44. The highest BCUT2D eigenvalue weighted by molar-refractivity contribution is 9.10. The average Bonchev–Trinajstić information content (AvgIpc) is 3.12. The molecule has 1 amide bonds. The highest BCUT2D eigenvalue weighted by Crippen LogP contribution is 2.26. The molecule has 1 aromatic carbocycles. The van der Waals surface area contributed by atoms with Gasteiger partial charge in [0.15, 0.2) is 0 Å². The molecule has 1 fully saturated rings. The lowest BCUT2D eigenvalue weighted by Gasteiger charge is -2.18. The number of nitrogens with zero attached hydrogens (tertiary/aromatic N) is 2. The van der Waals surface area contributed by atoms with Crippen molar-refractivity contribution in [3.05, 3.63) is 56.4 Å². The molecule has 2 heterocycles. The van der Waals surface area contributed by atoms with Gasteiger partial charge in [0.05, 0.1) is 18.1 Å². The molecule has 0 radical (unpaired) electrons. The van der Waals surface area contributed by atoms with E-state index in [4.69, 9.17) is 9.47 Å². The summed E-state index contributed by atoms with van der Waals surface area (Å²) < 4.78 is 13.6. The highest BCUT2D eigenvalue weighted by Gasteiger charge is 2.27. The number of aromatic nitrogens is 1. The molecule has 28 heavy (non-hydrogen) atoms. The van der Waals surface area contributed by atoms with Crippen molar-refractivity contribution in [3.63, 3.8) is 0 Å². The minimum Gasteiger partial charge on any atom is -0.496 e. The number of rotatable bonds is 6. The van der Waals surface area contributed by atoms with E-state index in [1.807, 2.05) is 36.1 Å². The molecule has 0 spiro atoms. The third-order valence-electron chi connectivity index (χ3n) is 5.12. The average molecular weight is 449 g/mol. The molecule has 0 N–H and O–H groups in total. The number of amides is 1. The van der Waals surface area contributed by atoms with Gasteiger partial charge in [0, 0.05) is 38.2 Å². The second-order valence-corrected chi connectivity index (χ2v) is 7.92. The molecule has 1 unspecified atom stereocenters. The maximum absolute atomic E-state index is 12.6. The molecule has 6 nitrogen and oxygen atoms in total. The van der Waals surface area contributed by atoms with Gasteiger partial charge in [-0.25, -0.2) is 0 Å². The molecule has 2 aromatic rings. The van der Waals surface area contributed by atoms with Crippen LogP contribution in [0.5, 0.6) is 11.5 Å². The van der Waals surface area contributed by atoms with Gasteiger partial charge in [0.25, 0.3) is 5.56 Å². The predicted octanol–water partition coefficient (Wildman–Crippen LogP) is 3.08. The molecule has 1 atom stereocenters. The number of hydrogen-bond acceptors (Lipinski definition) is 4. The lowest BCUT2D eigenvalue weighted by atomic mass is 10.1. The Bertz CT molecular complexity index is 925. The summed E-state index contributed by atoms with van der Waals surface area (Å²) in [6, 6.07) is 9.22. The van der Waals surface area contributed by atoms with E-state index in [1.165, 1.54) is 6.07 Å². The van der Waals surface area contributed by atoms with Gasteiger partial charge in [0.2, 0.25) is 5.91 Å². The monoisotopic (exact) mass is 448 g/mol. The van der Waals surface area contributed by atoms with Crippen molar-refractivity contribution < 1.29 is 14.3 Å². The Morgan fingerprint density at radius 3 is 2.75 bits per heavy atom. The van der Waals surface area contributed by atoms with E-state index >= 15 is 0 Å². The zero-order valence-electron chi connectivity index (χ0n) is 16.4. The molecule has 1 aliphatic rings. The molecule has 0 bridgehead atoms. The number of methoxy groups -OCH3 is 1. The van der Waals surface area contributed by atoms with Crippen molar-refractivity contribution in [2.75, 3.05) is 20.2 Å². The number of aryl methyl sites for hydroxylation is 2. The summed E-state index contributed by atoms with van der Waals surface area (Å²) in [4.78, 5) is 26.3. The van der Waals surface area contributed by atoms with Crippen LogP contribution in [-0.2, 0) is 18.3 Å². The fourth-order valence-electron chi connectivity index (χ4n) is 3.32. The number of benzene rings is 1. The summed E-state index contributed by atoms with van der Waals surface area (Å²) in [7, 11) is 3.36. The zero-order valence-corrected chi connectivity index (χ0v) is 18.0. The third kappa shape index (κ3) is 4.76. The summed E-state index contributed by atoms with van der Waals surface area (Å²) in [6.07, 6.45) is 1.83. The number of likely N-dealkylation sites (tertiary alicyclic amines) is 1. The molecule has 3 rings (SSSR count). The van der Waals surface area contributed by atoms with Crippen molar-refractivity contribution in [3.8, 4) is 11.5 Å². The van der Waals surface area contributed by atoms with Gasteiger partial charge < -0.3 is 18.9 Å². The van der Waals surface area contributed by atoms with Gasteiger partial charge in [-0.05, 0) is 53.0 Å². The molecule has 0 saturated carbocycles. The maximum atomic E-state index is 12.6. The summed E-state index contributed by atoms with van der Waals surface area (Å²) in [6.45, 7) is 3.11. The van der Waals surface area contributed by atoms with Crippen LogP contribution >= 0.6 is 15.9 Å². The SMILES string of the molecule is COc1ccc(CCC(=O)N2CCC(Oc3cc(C)n(C)c(=O)c3)C2)cc1Br. The van der Waals surface area contributed by atoms with Gasteiger partial charge in [-0.15, -0.1) is 0 Å². The minimum absolute atomic E-state index is 0.0782. The van der Waals surface area contributed by atoms with Crippen LogP contribution in [0.15, 0.2) is 39.6 Å². The second kappa shape index (κ2) is 8.82. The number of pyridine rings is 1. The predicted molar refractivity (Wildman–Crippen MR) is 111 cm³/mol. The van der Waals surface area contributed by atoms with Crippen molar-refractivity contribution in [1.29, 1.82) is 0 Å². The fraction of sp³-hybridized carbons (Fsp3) is 0.429. The molecule has 1 aliphatic heterocycles. The molecule has 7 heteroatoms. The lowest BCUT2D eigenvalue weighted by Crippen LogP contribution is -2.31. The minimum atomic E-state index is -0.0911. The maximum Gasteiger partial charge on any atom is 0.254 e. The van der Waals surface area contributed by atoms with Gasteiger partial charge in [0.1, 0.15) is 17.6 Å². The summed E-state index contributed by atoms with van der Waals surface area (Å²) in [5.74, 6) is 1.47. The second-order valence-electron chi connectivity index (χ2n) is 7.07. The third-order valence-corrected chi connectivity index (χ3v) is 5.74. The summed E-state index contributed by atoms with van der Waals surface area (Å²) in [5.41, 5.74) is 1.84. The van der Waals surface area contributed by atoms with E-state index in [0.29, 0.717) is 31.7 Å². The largest absolute Gasteiger partial charge is 0.496 e. The number of hydrogen-bond donors (Lipinski definition) is 0. The van der Waals surface area contributed by atoms with Gasteiger partial charge >= 0.3 is 0 Å². The fourth-order valence-corrected chi connectivity index (χ4v) is 3.91. The van der Waals surface area contributed by atoms with E-state index < -0.39 is 0 Å². The summed E-state index contributed by atoms with van der Waals surface area (Å²) in [5, 5.41) is 0. The van der Waals surface area contributed by atoms with Crippen LogP contribution in [0.2, 0.25) is 0 Å². The van der Waals surface area contributed by atoms with Crippen LogP contribution in [0.3, 0.4) is 0 Å². The van der Waals surface area contributed by atoms with E-state index in [2.05, 4.69) is 15.9 Å². The van der Waals surface area contributed by atoms with E-state index in [9.17, 15) is 9.59 Å². The Balaban J connectivity index is 1.53. The summed E-state index contributed by atoms with van der Waals surface area (Å²) >= 11 is 3.47. The van der Waals surface area contributed by atoms with Gasteiger partial charge in [-0.3, -0.25) is 9.59 Å². The molecule has 0 aliphatic carbocycles. The van der Waals surface area contributed by atoms with Crippen molar-refractivity contribution in [2.45, 2.75) is 32.3 Å². The topological polar surface area (TPSA) is 60.8 Å². The number of halogens is 1. The van der Waals surface area contributed by atoms with Crippen LogP contribution in [0.1, 0.15) is 24.1 Å². The molecular formula is C21H25BrN2O4. The van der Waals surface area contributed by atoms with E-state index in [0.717, 1.165) is 27.9 Å². The van der Waals surface area contributed by atoms with Gasteiger partial charge in [-0.1, -0.05) is 6.07 Å². The zero-order chi connectivity index (χ0) is 20.3. The Hall–Kier alpha value is -2.28. The Morgan fingerprint density at radius 2 is 2.07 bits per heavy atom. The molecule has 1 saturated heterocycles. The normalized spacial score (nSPS) is 16.3. The molecule has 1 aromatic heterocycles. The van der Waals surface area contributed by atoms with Crippen LogP contribution < -0.4 is 15.0 Å². The molecular weight excluding hydrogens is 424 g/mol. The first-order chi connectivity index (χ1) is 13.4. The van der Waals surface area contributed by atoms with E-state index in [1.54, 1.807) is 18.7 Å².